The average Bonchev–Trinajstić information content (AvgIpc) is 2.88. The molecule has 0 radical (unpaired) electrons. The van der Waals surface area contributed by atoms with Crippen LogP contribution in [0.4, 0.5) is 5.69 Å². The Kier molecular flexibility index (Phi) is 5.26. The van der Waals surface area contributed by atoms with Crippen LogP contribution < -0.4 is 5.32 Å². The largest absolute Gasteiger partial charge is 0.385 e. The molecule has 19 heavy (non-hydrogen) atoms. The van der Waals surface area contributed by atoms with Crippen molar-refractivity contribution in [3.05, 3.63) is 29.3 Å². The third-order valence-electron chi connectivity index (χ3n) is 4.08. The maximum absolute atomic E-state index is 3.66. The minimum absolute atomic E-state index is 0.584. The molecule has 1 heterocycles. The summed E-state index contributed by atoms with van der Waals surface area (Å²) in [6, 6.07) is 6.62. The normalized spacial score (nSPS) is 16.2. The second kappa shape index (κ2) is 6.95. The number of rotatable bonds is 6. The SMILES string of the molecule is Cc1cccc(C(C)C)c1NCCCN1CCCC1. The zero-order chi connectivity index (χ0) is 13.7. The molecule has 1 N–H and O–H groups in total. The number of hydrogen-bond donors (Lipinski definition) is 1. The van der Waals surface area contributed by atoms with Crippen molar-refractivity contribution < 1.29 is 0 Å². The first-order valence-corrected chi connectivity index (χ1v) is 7.74. The van der Waals surface area contributed by atoms with Gasteiger partial charge in [0.25, 0.3) is 0 Å². The number of likely N-dealkylation sites (tertiary alicyclic amines) is 1. The molecule has 0 saturated carbocycles. The van der Waals surface area contributed by atoms with Gasteiger partial charge < -0.3 is 10.2 Å². The van der Waals surface area contributed by atoms with E-state index in [1.807, 2.05) is 0 Å². The van der Waals surface area contributed by atoms with Crippen LogP contribution in [-0.4, -0.2) is 31.1 Å². The van der Waals surface area contributed by atoms with Crippen LogP contribution in [0.1, 0.15) is 50.2 Å². The molecule has 0 aliphatic carbocycles. The molecule has 2 rings (SSSR count). The van der Waals surface area contributed by atoms with E-state index in [2.05, 4.69) is 49.2 Å². The molecule has 1 fully saturated rings. The molecule has 1 saturated heterocycles. The second-order valence-electron chi connectivity index (χ2n) is 6.02. The van der Waals surface area contributed by atoms with Gasteiger partial charge in [-0.05, 0) is 62.9 Å². The summed E-state index contributed by atoms with van der Waals surface area (Å²) in [4.78, 5) is 2.59. The lowest BCUT2D eigenvalue weighted by molar-refractivity contribution is 0.337. The first-order valence-electron chi connectivity index (χ1n) is 7.74. The quantitative estimate of drug-likeness (QED) is 0.777. The van der Waals surface area contributed by atoms with Crippen LogP contribution in [0.15, 0.2) is 18.2 Å². The molecule has 1 aromatic rings. The molecule has 2 heteroatoms. The summed E-state index contributed by atoms with van der Waals surface area (Å²) in [6.07, 6.45) is 4.03. The first kappa shape index (κ1) is 14.4. The van der Waals surface area contributed by atoms with Gasteiger partial charge in [-0.1, -0.05) is 32.0 Å². The van der Waals surface area contributed by atoms with Gasteiger partial charge in [-0.15, -0.1) is 0 Å². The third-order valence-corrected chi connectivity index (χ3v) is 4.08. The summed E-state index contributed by atoms with van der Waals surface area (Å²) in [5.41, 5.74) is 4.17. The van der Waals surface area contributed by atoms with Crippen molar-refractivity contribution in [1.29, 1.82) is 0 Å². The number of benzene rings is 1. The molecule has 1 aromatic carbocycles. The Balaban J connectivity index is 1.84. The van der Waals surface area contributed by atoms with Crippen molar-refractivity contribution in [3.63, 3.8) is 0 Å². The van der Waals surface area contributed by atoms with E-state index in [9.17, 15) is 0 Å². The third kappa shape index (κ3) is 3.97. The Morgan fingerprint density at radius 2 is 1.95 bits per heavy atom. The van der Waals surface area contributed by atoms with E-state index in [0.717, 1.165) is 6.54 Å². The van der Waals surface area contributed by atoms with Gasteiger partial charge in [0, 0.05) is 12.2 Å². The number of aryl methyl sites for hydroxylation is 1. The van der Waals surface area contributed by atoms with Gasteiger partial charge >= 0.3 is 0 Å². The predicted octanol–water partition coefficient (Wildman–Crippen LogP) is 4.02. The zero-order valence-corrected chi connectivity index (χ0v) is 12.7. The maximum atomic E-state index is 3.66. The van der Waals surface area contributed by atoms with Crippen LogP contribution in [0.25, 0.3) is 0 Å². The van der Waals surface area contributed by atoms with Crippen LogP contribution >= 0.6 is 0 Å². The predicted molar refractivity (Wildman–Crippen MR) is 84.0 cm³/mol. The standard InChI is InChI=1S/C17H28N2/c1-14(2)16-9-6-8-15(3)17(16)18-10-7-13-19-11-4-5-12-19/h6,8-9,14,18H,4-5,7,10-13H2,1-3H3. The fraction of sp³-hybridized carbons (Fsp3) is 0.647. The average molecular weight is 260 g/mol. The van der Waals surface area contributed by atoms with Gasteiger partial charge in [-0.2, -0.15) is 0 Å². The summed E-state index contributed by atoms with van der Waals surface area (Å²) in [5.74, 6) is 0.584. The Hall–Kier alpha value is -1.02. The molecule has 2 nitrogen and oxygen atoms in total. The monoisotopic (exact) mass is 260 g/mol. The number of para-hydroxylation sites is 1. The maximum Gasteiger partial charge on any atom is 0.0405 e. The van der Waals surface area contributed by atoms with E-state index in [1.165, 1.54) is 55.7 Å². The highest BCUT2D eigenvalue weighted by Crippen LogP contribution is 2.27. The number of nitrogens with zero attached hydrogens (tertiary/aromatic N) is 1. The van der Waals surface area contributed by atoms with Crippen molar-refractivity contribution >= 4 is 5.69 Å². The molecule has 0 unspecified atom stereocenters. The van der Waals surface area contributed by atoms with Crippen LogP contribution in [0.5, 0.6) is 0 Å². The van der Waals surface area contributed by atoms with Gasteiger partial charge in [-0.3, -0.25) is 0 Å². The molecule has 1 aliphatic heterocycles. The molecule has 0 atom stereocenters. The van der Waals surface area contributed by atoms with Crippen LogP contribution in [0.3, 0.4) is 0 Å². The Morgan fingerprint density at radius 1 is 1.21 bits per heavy atom. The highest BCUT2D eigenvalue weighted by Gasteiger charge is 2.11. The molecular formula is C17H28N2. The van der Waals surface area contributed by atoms with E-state index < -0.39 is 0 Å². The van der Waals surface area contributed by atoms with E-state index in [0.29, 0.717) is 5.92 Å². The topological polar surface area (TPSA) is 15.3 Å². The molecule has 106 valence electrons. The summed E-state index contributed by atoms with van der Waals surface area (Å²) in [7, 11) is 0. The Labute approximate surface area is 118 Å². The van der Waals surface area contributed by atoms with Gasteiger partial charge in [0.1, 0.15) is 0 Å². The summed E-state index contributed by atoms with van der Waals surface area (Å²) in [5, 5.41) is 3.66. The van der Waals surface area contributed by atoms with Crippen LogP contribution in [-0.2, 0) is 0 Å². The lowest BCUT2D eigenvalue weighted by Gasteiger charge is -2.19. The van der Waals surface area contributed by atoms with Crippen LogP contribution in [0, 0.1) is 6.92 Å². The first-order chi connectivity index (χ1) is 9.18. The van der Waals surface area contributed by atoms with E-state index in [4.69, 9.17) is 0 Å². The fourth-order valence-corrected chi connectivity index (χ4v) is 2.94. The highest BCUT2D eigenvalue weighted by molar-refractivity contribution is 5.58. The molecule has 0 aromatic heterocycles. The highest BCUT2D eigenvalue weighted by atomic mass is 15.1. The summed E-state index contributed by atoms with van der Waals surface area (Å²) < 4.78 is 0. The number of hydrogen-bond acceptors (Lipinski definition) is 2. The smallest absolute Gasteiger partial charge is 0.0405 e. The van der Waals surface area contributed by atoms with E-state index in [-0.39, 0.29) is 0 Å². The lowest BCUT2D eigenvalue weighted by atomic mass is 9.98. The van der Waals surface area contributed by atoms with Crippen molar-refractivity contribution in [3.8, 4) is 0 Å². The summed E-state index contributed by atoms with van der Waals surface area (Å²) >= 11 is 0. The lowest BCUT2D eigenvalue weighted by Crippen LogP contribution is -2.22. The van der Waals surface area contributed by atoms with E-state index in [1.54, 1.807) is 0 Å². The number of anilines is 1. The van der Waals surface area contributed by atoms with Gasteiger partial charge in [0.2, 0.25) is 0 Å². The van der Waals surface area contributed by atoms with E-state index >= 15 is 0 Å². The fourth-order valence-electron chi connectivity index (χ4n) is 2.94. The molecule has 1 aliphatic rings. The zero-order valence-electron chi connectivity index (χ0n) is 12.7. The molecule has 0 spiro atoms. The van der Waals surface area contributed by atoms with Gasteiger partial charge in [-0.25, -0.2) is 0 Å². The minimum atomic E-state index is 0.584. The van der Waals surface area contributed by atoms with Gasteiger partial charge in [0.15, 0.2) is 0 Å². The Morgan fingerprint density at radius 3 is 2.63 bits per heavy atom. The molecular weight excluding hydrogens is 232 g/mol. The van der Waals surface area contributed by atoms with Gasteiger partial charge in [0.05, 0.1) is 0 Å². The van der Waals surface area contributed by atoms with Crippen molar-refractivity contribution in [2.45, 2.75) is 46.0 Å². The number of nitrogens with one attached hydrogen (secondary N) is 1. The van der Waals surface area contributed by atoms with Crippen LogP contribution in [0.2, 0.25) is 0 Å². The van der Waals surface area contributed by atoms with Crippen molar-refractivity contribution in [2.75, 3.05) is 31.5 Å². The summed E-state index contributed by atoms with van der Waals surface area (Å²) in [6.45, 7) is 11.7. The minimum Gasteiger partial charge on any atom is -0.385 e. The van der Waals surface area contributed by atoms with Crippen molar-refractivity contribution in [2.24, 2.45) is 0 Å². The molecule has 0 amide bonds. The second-order valence-corrected chi connectivity index (χ2v) is 6.02. The molecule has 0 bridgehead atoms. The Bertz CT molecular complexity index is 392. The van der Waals surface area contributed by atoms with Crippen molar-refractivity contribution in [1.82, 2.24) is 4.90 Å².